The molecule has 2 N–H and O–H groups in total. The van der Waals surface area contributed by atoms with Crippen LogP contribution in [0.3, 0.4) is 0 Å². The lowest BCUT2D eigenvalue weighted by atomic mass is 10.1. The van der Waals surface area contributed by atoms with Gasteiger partial charge in [0.2, 0.25) is 0 Å². The van der Waals surface area contributed by atoms with E-state index in [2.05, 4.69) is 0 Å². The fourth-order valence-electron chi connectivity index (χ4n) is 2.67. The molecule has 4 aromatic rings. The number of nitrogen functional groups attached to an aromatic ring is 1. The molecule has 4 rings (SSSR count). The minimum atomic E-state index is -0.0428. The predicted molar refractivity (Wildman–Crippen MR) is 89.8 cm³/mol. The van der Waals surface area contributed by atoms with E-state index in [0.717, 1.165) is 16.3 Å². The lowest BCUT2D eigenvalue weighted by Crippen LogP contribution is -2.00. The topological polar surface area (TPSA) is 56.2 Å². The highest BCUT2D eigenvalue weighted by molar-refractivity contribution is 6.04. The van der Waals surface area contributed by atoms with Gasteiger partial charge in [-0.3, -0.25) is 4.79 Å². The Morgan fingerprint density at radius 2 is 1.59 bits per heavy atom. The highest BCUT2D eigenvalue weighted by Gasteiger charge is 2.09. The van der Waals surface area contributed by atoms with Crippen LogP contribution in [0.1, 0.15) is 0 Å². The molecule has 0 aliphatic heterocycles. The van der Waals surface area contributed by atoms with E-state index in [0.29, 0.717) is 22.4 Å². The molecular formula is C19H13NO2. The third-order valence-electron chi connectivity index (χ3n) is 3.81. The van der Waals surface area contributed by atoms with E-state index in [1.807, 2.05) is 48.5 Å². The molecule has 0 saturated heterocycles. The first-order chi connectivity index (χ1) is 10.7. The first-order valence-electron chi connectivity index (χ1n) is 7.04. The van der Waals surface area contributed by atoms with Crippen molar-refractivity contribution in [3.63, 3.8) is 0 Å². The summed E-state index contributed by atoms with van der Waals surface area (Å²) < 4.78 is 6.04. The van der Waals surface area contributed by atoms with Crippen LogP contribution in [-0.4, -0.2) is 0 Å². The maximum absolute atomic E-state index is 12.4. The molecule has 0 unspecified atom stereocenters. The van der Waals surface area contributed by atoms with E-state index >= 15 is 0 Å². The summed E-state index contributed by atoms with van der Waals surface area (Å²) in [5.41, 5.74) is 7.80. The quantitative estimate of drug-likeness (QED) is 0.422. The van der Waals surface area contributed by atoms with Gasteiger partial charge < -0.3 is 10.2 Å². The van der Waals surface area contributed by atoms with E-state index in [1.54, 1.807) is 12.1 Å². The average Bonchev–Trinajstić information content (AvgIpc) is 2.55. The van der Waals surface area contributed by atoms with Crippen LogP contribution in [-0.2, 0) is 0 Å². The SMILES string of the molecule is Nc1ccc(-c2cc(=O)c3ccc4ccccc4c3o2)cc1. The van der Waals surface area contributed by atoms with Crippen LogP contribution < -0.4 is 11.2 Å². The summed E-state index contributed by atoms with van der Waals surface area (Å²) in [6.45, 7) is 0. The van der Waals surface area contributed by atoms with Gasteiger partial charge in [-0.2, -0.15) is 0 Å². The molecule has 3 heteroatoms. The third-order valence-corrected chi connectivity index (χ3v) is 3.81. The number of hydrogen-bond acceptors (Lipinski definition) is 3. The van der Waals surface area contributed by atoms with Gasteiger partial charge in [0.25, 0.3) is 0 Å². The molecule has 1 aromatic heterocycles. The molecule has 0 amide bonds. The minimum absolute atomic E-state index is 0.0428. The maximum Gasteiger partial charge on any atom is 0.193 e. The molecule has 0 bridgehead atoms. The van der Waals surface area contributed by atoms with Crippen LogP contribution in [0.5, 0.6) is 0 Å². The fourth-order valence-corrected chi connectivity index (χ4v) is 2.67. The Morgan fingerprint density at radius 1 is 0.818 bits per heavy atom. The van der Waals surface area contributed by atoms with Crippen LogP contribution in [0.15, 0.2) is 75.9 Å². The number of hydrogen-bond donors (Lipinski definition) is 1. The van der Waals surface area contributed by atoms with Crippen LogP contribution in [0.25, 0.3) is 33.1 Å². The van der Waals surface area contributed by atoms with Crippen molar-refractivity contribution in [2.24, 2.45) is 0 Å². The van der Waals surface area contributed by atoms with Gasteiger partial charge in [-0.25, -0.2) is 0 Å². The second kappa shape index (κ2) is 4.74. The molecule has 0 aliphatic carbocycles. The predicted octanol–water partition coefficient (Wildman–Crippen LogP) is 4.20. The van der Waals surface area contributed by atoms with Gasteiger partial charge in [0.1, 0.15) is 11.3 Å². The Labute approximate surface area is 126 Å². The van der Waals surface area contributed by atoms with Crippen LogP contribution in [0, 0.1) is 0 Å². The van der Waals surface area contributed by atoms with Crippen LogP contribution in [0.2, 0.25) is 0 Å². The lowest BCUT2D eigenvalue weighted by Gasteiger charge is -2.06. The van der Waals surface area contributed by atoms with E-state index in [1.165, 1.54) is 6.07 Å². The molecule has 22 heavy (non-hydrogen) atoms. The average molecular weight is 287 g/mol. The molecule has 0 spiro atoms. The van der Waals surface area contributed by atoms with Crippen molar-refractivity contribution in [3.05, 3.63) is 77.0 Å². The molecule has 1 heterocycles. The van der Waals surface area contributed by atoms with Crippen LogP contribution >= 0.6 is 0 Å². The molecule has 0 fully saturated rings. The largest absolute Gasteiger partial charge is 0.455 e. The Bertz CT molecular complexity index is 1050. The molecular weight excluding hydrogens is 274 g/mol. The summed E-state index contributed by atoms with van der Waals surface area (Å²) in [5.74, 6) is 0.550. The van der Waals surface area contributed by atoms with Crippen molar-refractivity contribution in [1.82, 2.24) is 0 Å². The highest BCUT2D eigenvalue weighted by atomic mass is 16.3. The summed E-state index contributed by atoms with van der Waals surface area (Å²) in [6.07, 6.45) is 0. The standard InChI is InChI=1S/C19H13NO2/c20-14-8-5-13(6-9-14)18-11-17(21)16-10-7-12-3-1-2-4-15(12)19(16)22-18/h1-11H,20H2. The lowest BCUT2D eigenvalue weighted by molar-refractivity contribution is 0.622. The number of fused-ring (bicyclic) bond motifs is 3. The number of nitrogens with two attached hydrogens (primary N) is 1. The van der Waals surface area contributed by atoms with Crippen molar-refractivity contribution in [2.75, 3.05) is 5.73 Å². The van der Waals surface area contributed by atoms with Gasteiger partial charge in [-0.15, -0.1) is 0 Å². The molecule has 106 valence electrons. The number of benzene rings is 3. The zero-order chi connectivity index (χ0) is 15.1. The third kappa shape index (κ3) is 1.95. The molecule has 0 saturated carbocycles. The molecule has 0 atom stereocenters. The van der Waals surface area contributed by atoms with Crippen molar-refractivity contribution in [2.45, 2.75) is 0 Å². The second-order valence-corrected chi connectivity index (χ2v) is 5.26. The highest BCUT2D eigenvalue weighted by Crippen LogP contribution is 2.28. The maximum atomic E-state index is 12.4. The Balaban J connectivity index is 2.08. The summed E-state index contributed by atoms with van der Waals surface area (Å²) in [4.78, 5) is 12.4. The van der Waals surface area contributed by atoms with Gasteiger partial charge >= 0.3 is 0 Å². The van der Waals surface area contributed by atoms with Gasteiger partial charge in [-0.1, -0.05) is 30.3 Å². The van der Waals surface area contributed by atoms with Crippen molar-refractivity contribution < 1.29 is 4.42 Å². The number of anilines is 1. The Hall–Kier alpha value is -3.07. The second-order valence-electron chi connectivity index (χ2n) is 5.26. The summed E-state index contributed by atoms with van der Waals surface area (Å²) in [6, 6.07) is 20.5. The van der Waals surface area contributed by atoms with Crippen molar-refractivity contribution in [3.8, 4) is 11.3 Å². The molecule has 3 aromatic carbocycles. The van der Waals surface area contributed by atoms with E-state index in [-0.39, 0.29) is 5.43 Å². The van der Waals surface area contributed by atoms with E-state index in [4.69, 9.17) is 10.2 Å². The number of rotatable bonds is 1. The molecule has 0 radical (unpaired) electrons. The van der Waals surface area contributed by atoms with E-state index in [9.17, 15) is 4.79 Å². The van der Waals surface area contributed by atoms with Gasteiger partial charge in [-0.05, 0) is 35.7 Å². The Morgan fingerprint density at radius 3 is 2.41 bits per heavy atom. The normalized spacial score (nSPS) is 11.1. The molecule has 3 nitrogen and oxygen atoms in total. The summed E-state index contributed by atoms with van der Waals surface area (Å²) >= 11 is 0. The van der Waals surface area contributed by atoms with Gasteiger partial charge in [0.05, 0.1) is 5.39 Å². The van der Waals surface area contributed by atoms with Crippen molar-refractivity contribution in [1.29, 1.82) is 0 Å². The minimum Gasteiger partial charge on any atom is -0.455 e. The molecule has 0 aliphatic rings. The first-order valence-corrected chi connectivity index (χ1v) is 7.04. The fraction of sp³-hybridized carbons (Fsp3) is 0. The zero-order valence-corrected chi connectivity index (χ0v) is 11.7. The first kappa shape index (κ1) is 12.7. The summed E-state index contributed by atoms with van der Waals surface area (Å²) in [7, 11) is 0. The van der Waals surface area contributed by atoms with Crippen LogP contribution in [0.4, 0.5) is 5.69 Å². The summed E-state index contributed by atoms with van der Waals surface area (Å²) in [5, 5.41) is 2.58. The monoisotopic (exact) mass is 287 g/mol. The van der Waals surface area contributed by atoms with Gasteiger partial charge in [0.15, 0.2) is 5.43 Å². The van der Waals surface area contributed by atoms with E-state index < -0.39 is 0 Å². The smallest absolute Gasteiger partial charge is 0.193 e. The van der Waals surface area contributed by atoms with Crippen molar-refractivity contribution >= 4 is 27.4 Å². The zero-order valence-electron chi connectivity index (χ0n) is 11.7. The van der Waals surface area contributed by atoms with Gasteiger partial charge in [0, 0.05) is 22.7 Å². The Kier molecular flexibility index (Phi) is 2.73.